The molecule has 0 aromatic carbocycles. The number of nitriles is 1. The van der Waals surface area contributed by atoms with Gasteiger partial charge in [0.2, 0.25) is 5.91 Å². The van der Waals surface area contributed by atoms with Gasteiger partial charge in [0.05, 0.1) is 5.56 Å². The first-order chi connectivity index (χ1) is 9.22. The average molecular weight is 279 g/mol. The topological polar surface area (TPSA) is 76.4 Å². The van der Waals surface area contributed by atoms with Crippen molar-refractivity contribution < 1.29 is 9.90 Å². The highest BCUT2D eigenvalue weighted by Gasteiger charge is 2.21. The van der Waals surface area contributed by atoms with Gasteiger partial charge in [0.15, 0.2) is 0 Å². The second-order valence-electron chi connectivity index (χ2n) is 4.71. The lowest BCUT2D eigenvalue weighted by atomic mass is 10.1. The fourth-order valence-electron chi connectivity index (χ4n) is 2.21. The highest BCUT2D eigenvalue weighted by molar-refractivity contribution is 7.14. The van der Waals surface area contributed by atoms with Gasteiger partial charge in [0.25, 0.3) is 0 Å². The van der Waals surface area contributed by atoms with Gasteiger partial charge in [-0.2, -0.15) is 5.26 Å². The summed E-state index contributed by atoms with van der Waals surface area (Å²) in [6.07, 6.45) is 1.42. The molecule has 1 atom stereocenters. The molecule has 19 heavy (non-hydrogen) atoms. The number of nitrogens with zero attached hydrogens (tertiary/aromatic N) is 2. The van der Waals surface area contributed by atoms with E-state index in [1.807, 2.05) is 6.07 Å². The molecule has 1 amide bonds. The number of thiophene rings is 1. The van der Waals surface area contributed by atoms with Crippen molar-refractivity contribution in [3.63, 3.8) is 0 Å². The Morgan fingerprint density at radius 3 is 3.21 bits per heavy atom. The van der Waals surface area contributed by atoms with Gasteiger partial charge in [-0.1, -0.05) is 0 Å². The van der Waals surface area contributed by atoms with Crippen molar-refractivity contribution in [1.82, 2.24) is 4.90 Å². The maximum atomic E-state index is 11.8. The van der Waals surface area contributed by atoms with Crippen LogP contribution in [0.2, 0.25) is 0 Å². The van der Waals surface area contributed by atoms with E-state index in [0.29, 0.717) is 29.4 Å². The Morgan fingerprint density at radius 1 is 1.68 bits per heavy atom. The molecule has 2 rings (SSSR count). The zero-order valence-corrected chi connectivity index (χ0v) is 11.4. The van der Waals surface area contributed by atoms with Crippen LogP contribution >= 0.6 is 11.3 Å². The molecule has 1 aliphatic heterocycles. The molecule has 1 aromatic heterocycles. The predicted octanol–water partition coefficient (Wildman–Crippen LogP) is 1.26. The van der Waals surface area contributed by atoms with Crippen LogP contribution in [0.1, 0.15) is 18.4 Å². The van der Waals surface area contributed by atoms with Gasteiger partial charge in [-0.3, -0.25) is 4.79 Å². The lowest BCUT2D eigenvalue weighted by Crippen LogP contribution is -2.26. The van der Waals surface area contributed by atoms with Crippen molar-refractivity contribution in [3.05, 3.63) is 17.0 Å². The van der Waals surface area contributed by atoms with E-state index in [9.17, 15) is 4.79 Å². The van der Waals surface area contributed by atoms with E-state index in [4.69, 9.17) is 10.4 Å². The third-order valence-corrected chi connectivity index (χ3v) is 4.15. The summed E-state index contributed by atoms with van der Waals surface area (Å²) in [4.78, 5) is 14.0. The normalized spacial score (nSPS) is 19.3. The first kappa shape index (κ1) is 14.0. The number of carbonyl (C=O) groups is 1. The monoisotopic (exact) mass is 279 g/mol. The molecular formula is C13H17N3O2S. The highest BCUT2D eigenvalue weighted by atomic mass is 32.1. The summed E-state index contributed by atoms with van der Waals surface area (Å²) >= 11 is 1.36. The van der Waals surface area contributed by atoms with Crippen molar-refractivity contribution in [2.24, 2.45) is 5.92 Å². The smallest absolute Gasteiger partial charge is 0.226 e. The first-order valence-corrected chi connectivity index (χ1v) is 7.21. The molecule has 2 heterocycles. The zero-order valence-electron chi connectivity index (χ0n) is 10.6. The molecule has 0 saturated carbocycles. The Balaban J connectivity index is 1.75. The Morgan fingerprint density at radius 2 is 2.53 bits per heavy atom. The molecule has 1 aromatic rings. The average Bonchev–Trinajstić information content (AvgIpc) is 3.04. The number of amides is 1. The molecule has 0 bridgehead atoms. The maximum Gasteiger partial charge on any atom is 0.226 e. The quantitative estimate of drug-likeness (QED) is 0.851. The number of aliphatic hydroxyl groups excluding tert-OH is 1. The third-order valence-electron chi connectivity index (χ3n) is 3.32. The maximum absolute atomic E-state index is 11.8. The minimum Gasteiger partial charge on any atom is -0.396 e. The third kappa shape index (κ3) is 3.77. The second-order valence-corrected chi connectivity index (χ2v) is 5.63. The number of hydrogen-bond acceptors (Lipinski definition) is 5. The lowest BCUT2D eigenvalue weighted by molar-refractivity contribution is -0.116. The van der Waals surface area contributed by atoms with Crippen LogP contribution in [0.15, 0.2) is 11.4 Å². The molecule has 1 saturated heterocycles. The van der Waals surface area contributed by atoms with E-state index in [2.05, 4.69) is 10.2 Å². The highest BCUT2D eigenvalue weighted by Crippen LogP contribution is 2.22. The van der Waals surface area contributed by atoms with Crippen molar-refractivity contribution in [1.29, 1.82) is 5.26 Å². The number of aliphatic hydroxyl groups is 1. The summed E-state index contributed by atoms with van der Waals surface area (Å²) in [5, 5.41) is 23.1. The number of carbonyl (C=O) groups excluding carboxylic acids is 1. The summed E-state index contributed by atoms with van der Waals surface area (Å²) in [6, 6.07) is 3.75. The van der Waals surface area contributed by atoms with Gasteiger partial charge in [0, 0.05) is 26.1 Å². The molecule has 1 fully saturated rings. The van der Waals surface area contributed by atoms with Gasteiger partial charge >= 0.3 is 0 Å². The van der Waals surface area contributed by atoms with Gasteiger partial charge in [-0.05, 0) is 30.3 Å². The molecule has 2 N–H and O–H groups in total. The summed E-state index contributed by atoms with van der Waals surface area (Å²) in [5.41, 5.74) is 0.514. The molecule has 6 heteroatoms. The van der Waals surface area contributed by atoms with E-state index < -0.39 is 0 Å². The minimum absolute atomic E-state index is 0.0635. The van der Waals surface area contributed by atoms with Crippen LogP contribution < -0.4 is 5.32 Å². The standard InChI is InChI=1S/C13H17N3O2S/c14-7-11-3-6-19-13(11)15-12(18)2-5-16-4-1-10(8-16)9-17/h3,6,10,17H,1-2,4-5,8-9H2,(H,15,18). The summed E-state index contributed by atoms with van der Waals surface area (Å²) in [5.74, 6) is 0.289. The molecule has 0 aliphatic carbocycles. The molecule has 5 nitrogen and oxygen atoms in total. The molecular weight excluding hydrogens is 262 g/mol. The first-order valence-electron chi connectivity index (χ1n) is 6.33. The van der Waals surface area contributed by atoms with E-state index in [1.165, 1.54) is 11.3 Å². The summed E-state index contributed by atoms with van der Waals surface area (Å²) in [7, 11) is 0. The molecule has 102 valence electrons. The van der Waals surface area contributed by atoms with Crippen molar-refractivity contribution in [3.8, 4) is 6.07 Å². The van der Waals surface area contributed by atoms with Crippen molar-refractivity contribution in [2.75, 3.05) is 31.6 Å². The van der Waals surface area contributed by atoms with Crippen LogP contribution in [-0.2, 0) is 4.79 Å². The number of anilines is 1. The van der Waals surface area contributed by atoms with Crippen molar-refractivity contribution >= 4 is 22.2 Å². The van der Waals surface area contributed by atoms with Gasteiger partial charge < -0.3 is 15.3 Å². The summed E-state index contributed by atoms with van der Waals surface area (Å²) in [6.45, 7) is 2.74. The van der Waals surface area contributed by atoms with E-state index in [-0.39, 0.29) is 12.5 Å². The molecule has 1 unspecified atom stereocenters. The number of likely N-dealkylation sites (tertiary alicyclic amines) is 1. The zero-order chi connectivity index (χ0) is 13.7. The van der Waals surface area contributed by atoms with E-state index in [0.717, 1.165) is 19.5 Å². The minimum atomic E-state index is -0.0635. The van der Waals surface area contributed by atoms with Crippen LogP contribution in [-0.4, -0.2) is 42.2 Å². The fraction of sp³-hybridized carbons (Fsp3) is 0.538. The van der Waals surface area contributed by atoms with Gasteiger partial charge in [0.1, 0.15) is 11.1 Å². The Bertz CT molecular complexity index is 480. The predicted molar refractivity (Wildman–Crippen MR) is 73.9 cm³/mol. The Hall–Kier alpha value is -1.42. The van der Waals surface area contributed by atoms with Crippen LogP contribution in [0.4, 0.5) is 5.00 Å². The van der Waals surface area contributed by atoms with Crippen LogP contribution in [0.25, 0.3) is 0 Å². The number of rotatable bonds is 5. The lowest BCUT2D eigenvalue weighted by Gasteiger charge is -2.14. The number of hydrogen-bond donors (Lipinski definition) is 2. The molecule has 1 aliphatic rings. The SMILES string of the molecule is N#Cc1ccsc1NC(=O)CCN1CCC(CO)C1. The fourth-order valence-corrected chi connectivity index (χ4v) is 2.96. The van der Waals surface area contributed by atoms with Gasteiger partial charge in [-0.15, -0.1) is 11.3 Å². The molecule has 0 radical (unpaired) electrons. The molecule has 0 spiro atoms. The van der Waals surface area contributed by atoms with Crippen LogP contribution in [0, 0.1) is 17.2 Å². The summed E-state index contributed by atoms with van der Waals surface area (Å²) < 4.78 is 0. The van der Waals surface area contributed by atoms with E-state index in [1.54, 1.807) is 11.4 Å². The van der Waals surface area contributed by atoms with Crippen LogP contribution in [0.3, 0.4) is 0 Å². The van der Waals surface area contributed by atoms with Crippen molar-refractivity contribution in [2.45, 2.75) is 12.8 Å². The largest absolute Gasteiger partial charge is 0.396 e. The van der Waals surface area contributed by atoms with E-state index >= 15 is 0 Å². The Labute approximate surface area is 116 Å². The second kappa shape index (κ2) is 6.66. The van der Waals surface area contributed by atoms with Gasteiger partial charge in [-0.25, -0.2) is 0 Å². The van der Waals surface area contributed by atoms with Crippen LogP contribution in [0.5, 0.6) is 0 Å². The Kier molecular flexibility index (Phi) is 4.91. The number of nitrogens with one attached hydrogen (secondary N) is 1.